The first-order chi connectivity index (χ1) is 4.88. The predicted octanol–water partition coefficient (Wildman–Crippen LogP) is 3.09. The van der Waals surface area contributed by atoms with Crippen LogP contribution in [0.5, 0.6) is 0 Å². The molecule has 10 heavy (non-hydrogen) atoms. The van der Waals surface area contributed by atoms with Crippen molar-refractivity contribution in [3.05, 3.63) is 12.2 Å². The molecule has 0 N–H and O–H groups in total. The fourth-order valence-electron chi connectivity index (χ4n) is 1.56. The van der Waals surface area contributed by atoms with Crippen LogP contribution in [0.2, 0.25) is 0 Å². The first-order valence-corrected chi connectivity index (χ1v) is 5.36. The van der Waals surface area contributed by atoms with Gasteiger partial charge in [-0.1, -0.05) is 19.1 Å². The van der Waals surface area contributed by atoms with Crippen molar-refractivity contribution >= 4 is 11.8 Å². The molecule has 0 aromatic rings. The smallest absolute Gasteiger partial charge is 0.0110 e. The monoisotopic (exact) mass is 156 g/mol. The average Bonchev–Trinajstić information content (AvgIpc) is 2.04. The number of hydrogen-bond acceptors (Lipinski definition) is 1. The summed E-state index contributed by atoms with van der Waals surface area (Å²) < 4.78 is 0. The molecule has 1 aliphatic carbocycles. The molecule has 0 bridgehead atoms. The quantitative estimate of drug-likeness (QED) is 0.554. The molecule has 0 saturated carbocycles. The summed E-state index contributed by atoms with van der Waals surface area (Å²) in [6.45, 7) is 2.28. The molecule has 0 spiro atoms. The summed E-state index contributed by atoms with van der Waals surface area (Å²) >= 11 is 2.03. The van der Waals surface area contributed by atoms with Gasteiger partial charge in [-0.05, 0) is 31.4 Å². The van der Waals surface area contributed by atoms with Crippen molar-refractivity contribution < 1.29 is 0 Å². The molecular weight excluding hydrogens is 140 g/mol. The fraction of sp³-hybridized carbons (Fsp3) is 0.778. The standard InChI is InChI=1S/C9H16S/c1-3-8-6-4-5-7-9(8)10-2/h4,6,8-9H,3,5,7H2,1-2H3/t8?,9-/m0/s1. The second kappa shape index (κ2) is 4.07. The lowest BCUT2D eigenvalue weighted by atomic mass is 9.93. The van der Waals surface area contributed by atoms with Gasteiger partial charge in [0.05, 0.1) is 0 Å². The Balaban J connectivity index is 2.47. The molecule has 0 aliphatic heterocycles. The van der Waals surface area contributed by atoms with E-state index in [2.05, 4.69) is 25.3 Å². The summed E-state index contributed by atoms with van der Waals surface area (Å²) in [5, 5.41) is 0.898. The van der Waals surface area contributed by atoms with E-state index in [-0.39, 0.29) is 0 Å². The maximum atomic E-state index is 2.39. The van der Waals surface area contributed by atoms with Crippen molar-refractivity contribution in [3.8, 4) is 0 Å². The van der Waals surface area contributed by atoms with Crippen LogP contribution in [-0.2, 0) is 0 Å². The summed E-state index contributed by atoms with van der Waals surface area (Å²) in [6, 6.07) is 0. The normalized spacial score (nSPS) is 32.6. The number of thioether (sulfide) groups is 1. The highest BCUT2D eigenvalue weighted by Crippen LogP contribution is 2.29. The van der Waals surface area contributed by atoms with Gasteiger partial charge < -0.3 is 0 Å². The molecular formula is C9H16S. The molecule has 1 aliphatic rings. The second-order valence-electron chi connectivity index (χ2n) is 2.85. The van der Waals surface area contributed by atoms with Crippen molar-refractivity contribution in [1.82, 2.24) is 0 Å². The Kier molecular flexibility index (Phi) is 3.33. The Bertz CT molecular complexity index is 118. The van der Waals surface area contributed by atoms with Crippen molar-refractivity contribution in [3.63, 3.8) is 0 Å². The second-order valence-corrected chi connectivity index (χ2v) is 3.93. The first kappa shape index (κ1) is 8.19. The van der Waals surface area contributed by atoms with Crippen molar-refractivity contribution in [2.75, 3.05) is 6.26 Å². The van der Waals surface area contributed by atoms with Crippen LogP contribution in [0.1, 0.15) is 26.2 Å². The van der Waals surface area contributed by atoms with E-state index in [4.69, 9.17) is 0 Å². The molecule has 0 aromatic carbocycles. The van der Waals surface area contributed by atoms with E-state index >= 15 is 0 Å². The van der Waals surface area contributed by atoms with Gasteiger partial charge in [0.1, 0.15) is 0 Å². The van der Waals surface area contributed by atoms with Gasteiger partial charge in [-0.3, -0.25) is 0 Å². The largest absolute Gasteiger partial charge is 0.161 e. The van der Waals surface area contributed by atoms with Crippen molar-refractivity contribution in [2.24, 2.45) is 5.92 Å². The maximum absolute atomic E-state index is 2.39. The zero-order chi connectivity index (χ0) is 7.40. The minimum absolute atomic E-state index is 0.851. The van der Waals surface area contributed by atoms with E-state index in [0.717, 1.165) is 11.2 Å². The molecule has 0 aromatic heterocycles. The van der Waals surface area contributed by atoms with E-state index in [1.165, 1.54) is 19.3 Å². The van der Waals surface area contributed by atoms with Crippen LogP contribution in [0, 0.1) is 5.92 Å². The van der Waals surface area contributed by atoms with Crippen molar-refractivity contribution in [2.45, 2.75) is 31.4 Å². The molecule has 0 radical (unpaired) electrons. The number of allylic oxidation sites excluding steroid dienone is 2. The molecule has 2 atom stereocenters. The number of rotatable bonds is 2. The van der Waals surface area contributed by atoms with Gasteiger partial charge in [0.15, 0.2) is 0 Å². The van der Waals surface area contributed by atoms with E-state index in [1.54, 1.807) is 0 Å². The van der Waals surface area contributed by atoms with Gasteiger partial charge in [-0.2, -0.15) is 11.8 Å². The summed E-state index contributed by atoms with van der Waals surface area (Å²) in [5.74, 6) is 0.851. The van der Waals surface area contributed by atoms with E-state index < -0.39 is 0 Å². The molecule has 0 heterocycles. The van der Waals surface area contributed by atoms with Crippen molar-refractivity contribution in [1.29, 1.82) is 0 Å². The maximum Gasteiger partial charge on any atom is 0.0110 e. The molecule has 0 saturated heterocycles. The lowest BCUT2D eigenvalue weighted by Crippen LogP contribution is -2.16. The Morgan fingerprint density at radius 1 is 1.60 bits per heavy atom. The van der Waals surface area contributed by atoms with Crippen LogP contribution < -0.4 is 0 Å². The summed E-state index contributed by atoms with van der Waals surface area (Å²) in [4.78, 5) is 0. The van der Waals surface area contributed by atoms with E-state index in [0.29, 0.717) is 0 Å². The van der Waals surface area contributed by atoms with Gasteiger partial charge in [0, 0.05) is 5.25 Å². The minimum atomic E-state index is 0.851. The van der Waals surface area contributed by atoms with E-state index in [1.807, 2.05) is 11.8 Å². The Morgan fingerprint density at radius 3 is 2.90 bits per heavy atom. The van der Waals surface area contributed by atoms with Crippen LogP contribution in [-0.4, -0.2) is 11.5 Å². The highest BCUT2D eigenvalue weighted by molar-refractivity contribution is 7.99. The zero-order valence-corrected chi connectivity index (χ0v) is 7.66. The van der Waals surface area contributed by atoms with Crippen LogP contribution in [0.25, 0.3) is 0 Å². The van der Waals surface area contributed by atoms with Crippen LogP contribution in [0.15, 0.2) is 12.2 Å². The predicted molar refractivity (Wildman–Crippen MR) is 49.5 cm³/mol. The highest BCUT2D eigenvalue weighted by atomic mass is 32.2. The highest BCUT2D eigenvalue weighted by Gasteiger charge is 2.17. The van der Waals surface area contributed by atoms with Gasteiger partial charge >= 0.3 is 0 Å². The third-order valence-corrected chi connectivity index (χ3v) is 3.44. The first-order valence-electron chi connectivity index (χ1n) is 4.08. The van der Waals surface area contributed by atoms with Gasteiger partial charge in [0.2, 0.25) is 0 Å². The molecule has 0 fully saturated rings. The van der Waals surface area contributed by atoms with Gasteiger partial charge in [-0.25, -0.2) is 0 Å². The summed E-state index contributed by atoms with van der Waals surface area (Å²) in [7, 11) is 0. The lowest BCUT2D eigenvalue weighted by molar-refractivity contribution is 0.543. The Morgan fingerprint density at radius 2 is 2.40 bits per heavy atom. The minimum Gasteiger partial charge on any atom is -0.161 e. The Labute approximate surface area is 68.1 Å². The molecule has 1 heteroatoms. The average molecular weight is 156 g/mol. The third-order valence-electron chi connectivity index (χ3n) is 2.25. The molecule has 0 amide bonds. The van der Waals surface area contributed by atoms with Crippen LogP contribution in [0.3, 0.4) is 0 Å². The van der Waals surface area contributed by atoms with Gasteiger partial charge in [0.25, 0.3) is 0 Å². The Hall–Kier alpha value is 0.0900. The van der Waals surface area contributed by atoms with Gasteiger partial charge in [-0.15, -0.1) is 0 Å². The fourth-order valence-corrected chi connectivity index (χ4v) is 2.57. The summed E-state index contributed by atoms with van der Waals surface area (Å²) in [5.41, 5.74) is 0. The molecule has 58 valence electrons. The molecule has 1 unspecified atom stereocenters. The molecule has 0 nitrogen and oxygen atoms in total. The van der Waals surface area contributed by atoms with Crippen LogP contribution in [0.4, 0.5) is 0 Å². The third kappa shape index (κ3) is 1.79. The van der Waals surface area contributed by atoms with Crippen LogP contribution >= 0.6 is 11.8 Å². The number of hydrogen-bond donors (Lipinski definition) is 0. The SMILES string of the molecule is CCC1C=CCC[C@@H]1SC. The zero-order valence-electron chi connectivity index (χ0n) is 6.84. The lowest BCUT2D eigenvalue weighted by Gasteiger charge is -2.24. The molecule has 1 rings (SSSR count). The topological polar surface area (TPSA) is 0 Å². The van der Waals surface area contributed by atoms with E-state index in [9.17, 15) is 0 Å². The summed E-state index contributed by atoms with van der Waals surface area (Å²) in [6.07, 6.45) is 10.9.